The third kappa shape index (κ3) is 4.32. The number of aromatic amines is 1. The molecular weight excluding hydrogens is 284 g/mol. The summed E-state index contributed by atoms with van der Waals surface area (Å²) >= 11 is 1.36. The Morgan fingerprint density at radius 3 is 2.81 bits per heavy atom. The summed E-state index contributed by atoms with van der Waals surface area (Å²) in [5.74, 6) is 1.27. The van der Waals surface area contributed by atoms with Crippen molar-refractivity contribution >= 4 is 17.7 Å². The van der Waals surface area contributed by atoms with Gasteiger partial charge in [-0.3, -0.25) is 9.89 Å². The lowest BCUT2D eigenvalue weighted by Gasteiger charge is -2.18. The molecule has 0 saturated heterocycles. The number of rotatable bonds is 6. The second-order valence-corrected chi connectivity index (χ2v) is 5.83. The number of nitrogens with one attached hydrogen (secondary N) is 1. The highest BCUT2D eigenvalue weighted by atomic mass is 32.2. The standard InChI is InChI=1S/C15H20N4OS/c1-4-13-16-15(18-17-13)21-10-14(20)19(3)9-12-8-6-5-7-11(12)2/h5-8H,4,9-10H2,1-3H3,(H,16,17,18). The lowest BCUT2D eigenvalue weighted by Crippen LogP contribution is -2.28. The summed E-state index contributed by atoms with van der Waals surface area (Å²) < 4.78 is 0. The van der Waals surface area contributed by atoms with E-state index in [1.807, 2.05) is 26.1 Å². The van der Waals surface area contributed by atoms with Crippen molar-refractivity contribution in [1.82, 2.24) is 20.1 Å². The van der Waals surface area contributed by atoms with Crippen LogP contribution in [-0.4, -0.2) is 38.8 Å². The van der Waals surface area contributed by atoms with Crippen LogP contribution >= 0.6 is 11.8 Å². The first-order valence-corrected chi connectivity index (χ1v) is 7.91. The lowest BCUT2D eigenvalue weighted by atomic mass is 10.1. The summed E-state index contributed by atoms with van der Waals surface area (Å²) in [7, 11) is 1.82. The first-order chi connectivity index (χ1) is 10.1. The number of benzene rings is 1. The Hall–Kier alpha value is -1.82. The Balaban J connectivity index is 1.86. The van der Waals surface area contributed by atoms with Crippen molar-refractivity contribution in [3.05, 3.63) is 41.2 Å². The molecule has 0 saturated carbocycles. The minimum atomic E-state index is 0.0751. The third-order valence-corrected chi connectivity index (χ3v) is 4.10. The quantitative estimate of drug-likeness (QED) is 0.833. The van der Waals surface area contributed by atoms with Crippen molar-refractivity contribution in [2.24, 2.45) is 0 Å². The van der Waals surface area contributed by atoms with Crippen molar-refractivity contribution in [2.75, 3.05) is 12.8 Å². The van der Waals surface area contributed by atoms with Crippen LogP contribution in [0.25, 0.3) is 0 Å². The highest BCUT2D eigenvalue weighted by Crippen LogP contribution is 2.15. The van der Waals surface area contributed by atoms with Gasteiger partial charge in [-0.2, -0.15) is 0 Å². The molecule has 0 spiro atoms. The van der Waals surface area contributed by atoms with E-state index in [0.29, 0.717) is 17.5 Å². The molecule has 1 aromatic carbocycles. The molecule has 0 aliphatic carbocycles. The van der Waals surface area contributed by atoms with Gasteiger partial charge in [-0.1, -0.05) is 43.0 Å². The maximum atomic E-state index is 12.1. The SMILES string of the molecule is CCc1nc(SCC(=O)N(C)Cc2ccccc2C)n[nH]1. The molecule has 2 aromatic rings. The number of aryl methyl sites for hydroxylation is 2. The smallest absolute Gasteiger partial charge is 0.233 e. The van der Waals surface area contributed by atoms with Gasteiger partial charge < -0.3 is 4.90 Å². The van der Waals surface area contributed by atoms with Gasteiger partial charge in [-0.25, -0.2) is 4.98 Å². The maximum absolute atomic E-state index is 12.1. The Bertz CT molecular complexity index is 611. The average Bonchev–Trinajstić information content (AvgIpc) is 2.95. The zero-order valence-electron chi connectivity index (χ0n) is 12.6. The topological polar surface area (TPSA) is 61.9 Å². The molecule has 1 heterocycles. The van der Waals surface area contributed by atoms with Crippen molar-refractivity contribution in [3.63, 3.8) is 0 Å². The zero-order chi connectivity index (χ0) is 15.2. The Morgan fingerprint density at radius 2 is 2.14 bits per heavy atom. The molecular formula is C15H20N4OS. The number of thioether (sulfide) groups is 1. The van der Waals surface area contributed by atoms with E-state index in [9.17, 15) is 4.79 Å². The molecule has 21 heavy (non-hydrogen) atoms. The fraction of sp³-hybridized carbons (Fsp3) is 0.400. The van der Waals surface area contributed by atoms with Crippen LogP contribution in [0.3, 0.4) is 0 Å². The van der Waals surface area contributed by atoms with Crippen molar-refractivity contribution in [1.29, 1.82) is 0 Å². The highest BCUT2D eigenvalue weighted by Gasteiger charge is 2.12. The van der Waals surface area contributed by atoms with Crippen LogP contribution < -0.4 is 0 Å². The van der Waals surface area contributed by atoms with Crippen molar-refractivity contribution in [3.8, 4) is 0 Å². The molecule has 112 valence electrons. The first-order valence-electron chi connectivity index (χ1n) is 6.92. The predicted octanol–water partition coefficient (Wildman–Crippen LogP) is 2.43. The monoisotopic (exact) mass is 304 g/mol. The Morgan fingerprint density at radius 1 is 1.38 bits per heavy atom. The number of nitrogens with zero attached hydrogens (tertiary/aromatic N) is 3. The molecule has 5 nitrogen and oxygen atoms in total. The summed E-state index contributed by atoms with van der Waals surface area (Å²) in [4.78, 5) is 18.2. The molecule has 0 fully saturated rings. The van der Waals surface area contributed by atoms with Crippen molar-refractivity contribution < 1.29 is 4.79 Å². The number of carbonyl (C=O) groups excluding carboxylic acids is 1. The molecule has 0 bridgehead atoms. The lowest BCUT2D eigenvalue weighted by molar-refractivity contribution is -0.127. The van der Waals surface area contributed by atoms with E-state index in [4.69, 9.17) is 0 Å². The number of carbonyl (C=O) groups is 1. The number of aromatic nitrogens is 3. The molecule has 6 heteroatoms. The number of H-pyrrole nitrogens is 1. The van der Waals surface area contributed by atoms with E-state index in [0.717, 1.165) is 12.2 Å². The molecule has 0 atom stereocenters. The summed E-state index contributed by atoms with van der Waals surface area (Å²) in [6.45, 7) is 4.69. The van der Waals surface area contributed by atoms with Crippen LogP contribution in [0.5, 0.6) is 0 Å². The molecule has 0 aliphatic heterocycles. The van der Waals surface area contributed by atoms with Gasteiger partial charge in [-0.05, 0) is 18.1 Å². The van der Waals surface area contributed by atoms with E-state index in [-0.39, 0.29) is 5.91 Å². The van der Waals surface area contributed by atoms with Gasteiger partial charge in [0.25, 0.3) is 0 Å². The molecule has 1 aromatic heterocycles. The average molecular weight is 304 g/mol. The summed E-state index contributed by atoms with van der Waals surface area (Å²) in [5.41, 5.74) is 2.37. The normalized spacial score (nSPS) is 10.6. The van der Waals surface area contributed by atoms with E-state index in [2.05, 4.69) is 34.2 Å². The molecule has 2 rings (SSSR count). The molecule has 1 N–H and O–H groups in total. The summed E-state index contributed by atoms with van der Waals surface area (Å²) in [6.07, 6.45) is 0.814. The van der Waals surface area contributed by atoms with Crippen LogP contribution in [0.1, 0.15) is 23.9 Å². The number of hydrogen-bond acceptors (Lipinski definition) is 4. The predicted molar refractivity (Wildman–Crippen MR) is 84.1 cm³/mol. The molecule has 0 aliphatic rings. The minimum absolute atomic E-state index is 0.0751. The Labute approximate surface area is 129 Å². The fourth-order valence-electron chi connectivity index (χ4n) is 1.87. The van der Waals surface area contributed by atoms with E-state index < -0.39 is 0 Å². The largest absolute Gasteiger partial charge is 0.341 e. The summed E-state index contributed by atoms with van der Waals surface area (Å²) in [5, 5.41) is 7.55. The van der Waals surface area contributed by atoms with E-state index in [1.165, 1.54) is 22.9 Å². The van der Waals surface area contributed by atoms with E-state index >= 15 is 0 Å². The van der Waals surface area contributed by atoms with Gasteiger partial charge in [-0.15, -0.1) is 5.10 Å². The molecule has 1 amide bonds. The zero-order valence-corrected chi connectivity index (χ0v) is 13.4. The van der Waals surface area contributed by atoms with E-state index in [1.54, 1.807) is 4.90 Å². The second-order valence-electron chi connectivity index (χ2n) is 4.88. The number of amides is 1. The molecule has 0 unspecified atom stereocenters. The van der Waals surface area contributed by atoms with Crippen LogP contribution in [-0.2, 0) is 17.8 Å². The van der Waals surface area contributed by atoms with Gasteiger partial charge >= 0.3 is 0 Å². The second kappa shape index (κ2) is 7.26. The fourth-order valence-corrected chi connectivity index (χ4v) is 2.63. The summed E-state index contributed by atoms with van der Waals surface area (Å²) in [6, 6.07) is 8.11. The number of hydrogen-bond donors (Lipinski definition) is 1. The maximum Gasteiger partial charge on any atom is 0.233 e. The van der Waals surface area contributed by atoms with Gasteiger partial charge in [0.1, 0.15) is 5.82 Å². The molecule has 0 radical (unpaired) electrons. The third-order valence-electron chi connectivity index (χ3n) is 3.27. The van der Waals surface area contributed by atoms with Crippen LogP contribution in [0, 0.1) is 6.92 Å². The van der Waals surface area contributed by atoms with Gasteiger partial charge in [0, 0.05) is 20.0 Å². The van der Waals surface area contributed by atoms with Gasteiger partial charge in [0.05, 0.1) is 5.75 Å². The van der Waals surface area contributed by atoms with Crippen LogP contribution in [0.2, 0.25) is 0 Å². The highest BCUT2D eigenvalue weighted by molar-refractivity contribution is 7.99. The van der Waals surface area contributed by atoms with Crippen molar-refractivity contribution in [2.45, 2.75) is 32.0 Å². The van der Waals surface area contributed by atoms with Crippen LogP contribution in [0.15, 0.2) is 29.4 Å². The Kier molecular flexibility index (Phi) is 5.38. The van der Waals surface area contributed by atoms with Gasteiger partial charge in [0.2, 0.25) is 11.1 Å². The van der Waals surface area contributed by atoms with Crippen LogP contribution in [0.4, 0.5) is 0 Å². The first kappa shape index (κ1) is 15.6. The van der Waals surface area contributed by atoms with Gasteiger partial charge in [0.15, 0.2) is 0 Å². The minimum Gasteiger partial charge on any atom is -0.341 e.